The molecule has 0 aliphatic rings. The number of nitrogens with zero attached hydrogens (tertiary/aromatic N) is 1. The van der Waals surface area contributed by atoms with E-state index in [2.05, 4.69) is 9.72 Å². The Labute approximate surface area is 95.7 Å². The quantitative estimate of drug-likeness (QED) is 0.817. The number of benzene rings is 1. The highest BCUT2D eigenvalue weighted by Crippen LogP contribution is 2.20. The lowest BCUT2D eigenvalue weighted by Crippen LogP contribution is -2.02. The van der Waals surface area contributed by atoms with Gasteiger partial charge < -0.3 is 4.74 Å². The van der Waals surface area contributed by atoms with Crippen LogP contribution in [0.25, 0.3) is 11.3 Å². The maximum Gasteiger partial charge on any atom is 0.387 e. The molecule has 5 heteroatoms. The first-order valence-corrected chi connectivity index (χ1v) is 4.82. The van der Waals surface area contributed by atoms with E-state index in [0.717, 1.165) is 0 Å². The molecule has 0 fully saturated rings. The average Bonchev–Trinajstić information content (AvgIpc) is 2.30. The van der Waals surface area contributed by atoms with E-state index in [1.54, 1.807) is 12.1 Å². The van der Waals surface area contributed by atoms with Gasteiger partial charge in [0.25, 0.3) is 0 Å². The molecule has 1 heterocycles. The summed E-state index contributed by atoms with van der Waals surface area (Å²) in [6.45, 7) is -2.87. The van der Waals surface area contributed by atoms with Gasteiger partial charge in [-0.15, -0.1) is 0 Å². The molecule has 2 nitrogen and oxygen atoms in total. The summed E-state index contributed by atoms with van der Waals surface area (Å²) in [5.41, 5.74) is 1.27. The van der Waals surface area contributed by atoms with Gasteiger partial charge in [0.05, 0.1) is 11.9 Å². The minimum absolute atomic E-state index is 0.00846. The van der Waals surface area contributed by atoms with Crippen LogP contribution in [0.4, 0.5) is 13.2 Å². The van der Waals surface area contributed by atoms with Gasteiger partial charge in [0, 0.05) is 5.56 Å². The maximum absolute atomic E-state index is 12.7. The third-order valence-electron chi connectivity index (χ3n) is 2.10. The summed E-state index contributed by atoms with van der Waals surface area (Å²) in [6.07, 6.45) is 1.20. The van der Waals surface area contributed by atoms with Crippen LogP contribution in [0.15, 0.2) is 42.6 Å². The topological polar surface area (TPSA) is 22.1 Å². The van der Waals surface area contributed by atoms with Crippen molar-refractivity contribution in [2.24, 2.45) is 0 Å². The zero-order chi connectivity index (χ0) is 12.3. The van der Waals surface area contributed by atoms with Gasteiger partial charge in [-0.2, -0.15) is 8.78 Å². The van der Waals surface area contributed by atoms with E-state index in [1.165, 1.54) is 30.5 Å². The van der Waals surface area contributed by atoms with E-state index in [9.17, 15) is 13.2 Å². The number of ether oxygens (including phenoxy) is 1. The second kappa shape index (κ2) is 4.86. The summed E-state index contributed by atoms with van der Waals surface area (Å²) < 4.78 is 40.6. The molecule has 1 aromatic heterocycles. The highest BCUT2D eigenvalue weighted by atomic mass is 19.3. The molecule has 0 bridgehead atoms. The summed E-state index contributed by atoms with van der Waals surface area (Å²) in [4.78, 5) is 3.95. The summed E-state index contributed by atoms with van der Waals surface area (Å²) >= 11 is 0. The van der Waals surface area contributed by atoms with Crippen molar-refractivity contribution in [1.82, 2.24) is 4.98 Å². The number of pyridine rings is 1. The smallest absolute Gasteiger partial charge is 0.387 e. The molecule has 0 spiro atoms. The molecule has 2 rings (SSSR count). The molecule has 0 aliphatic carbocycles. The molecular formula is C12H8F3NO. The van der Waals surface area contributed by atoms with Crippen molar-refractivity contribution >= 4 is 0 Å². The van der Waals surface area contributed by atoms with Crippen LogP contribution in [0.3, 0.4) is 0 Å². The fraction of sp³-hybridized carbons (Fsp3) is 0.0833. The predicted octanol–water partition coefficient (Wildman–Crippen LogP) is 3.49. The number of halogens is 3. The Morgan fingerprint density at radius 3 is 2.24 bits per heavy atom. The molecule has 0 aliphatic heterocycles. The van der Waals surface area contributed by atoms with Crippen LogP contribution >= 0.6 is 0 Å². The highest BCUT2D eigenvalue weighted by Gasteiger charge is 2.05. The first-order valence-electron chi connectivity index (χ1n) is 4.82. The summed E-state index contributed by atoms with van der Waals surface area (Å²) in [5.74, 6) is -0.350. The van der Waals surface area contributed by atoms with Crippen molar-refractivity contribution in [1.29, 1.82) is 0 Å². The highest BCUT2D eigenvalue weighted by molar-refractivity contribution is 5.59. The fourth-order valence-electron chi connectivity index (χ4n) is 1.34. The molecule has 0 amide bonds. The van der Waals surface area contributed by atoms with Crippen molar-refractivity contribution in [2.75, 3.05) is 0 Å². The van der Waals surface area contributed by atoms with Crippen LogP contribution in [-0.2, 0) is 0 Å². The van der Waals surface area contributed by atoms with E-state index in [1.807, 2.05) is 0 Å². The summed E-state index contributed by atoms with van der Waals surface area (Å²) in [6, 6.07) is 8.65. The largest absolute Gasteiger partial charge is 0.433 e. The lowest BCUT2D eigenvalue weighted by atomic mass is 10.1. The molecule has 88 valence electrons. The van der Waals surface area contributed by atoms with Crippen LogP contribution in [0.2, 0.25) is 0 Å². The number of hydrogen-bond acceptors (Lipinski definition) is 2. The van der Waals surface area contributed by atoms with E-state index in [0.29, 0.717) is 11.3 Å². The van der Waals surface area contributed by atoms with Crippen LogP contribution in [0.5, 0.6) is 5.75 Å². The average molecular weight is 239 g/mol. The first-order chi connectivity index (χ1) is 8.15. The second-order valence-corrected chi connectivity index (χ2v) is 3.26. The van der Waals surface area contributed by atoms with Gasteiger partial charge >= 0.3 is 6.61 Å². The second-order valence-electron chi connectivity index (χ2n) is 3.26. The van der Waals surface area contributed by atoms with Gasteiger partial charge in [-0.1, -0.05) is 0 Å². The zero-order valence-corrected chi connectivity index (χ0v) is 8.61. The molecule has 0 saturated carbocycles. The van der Waals surface area contributed by atoms with Crippen LogP contribution in [-0.4, -0.2) is 11.6 Å². The number of alkyl halides is 2. The Morgan fingerprint density at radius 2 is 1.71 bits per heavy atom. The molecular weight excluding hydrogens is 231 g/mol. The van der Waals surface area contributed by atoms with Crippen molar-refractivity contribution in [3.8, 4) is 17.0 Å². The van der Waals surface area contributed by atoms with Gasteiger partial charge in [0.15, 0.2) is 0 Å². The van der Waals surface area contributed by atoms with E-state index in [4.69, 9.17) is 0 Å². The van der Waals surface area contributed by atoms with E-state index < -0.39 is 6.61 Å². The third-order valence-corrected chi connectivity index (χ3v) is 2.10. The fourth-order valence-corrected chi connectivity index (χ4v) is 1.34. The third kappa shape index (κ3) is 2.96. The lowest BCUT2D eigenvalue weighted by Gasteiger charge is -2.05. The van der Waals surface area contributed by atoms with Gasteiger partial charge in [-0.3, -0.25) is 4.98 Å². The van der Waals surface area contributed by atoms with E-state index >= 15 is 0 Å². The monoisotopic (exact) mass is 239 g/mol. The molecule has 0 saturated heterocycles. The molecule has 17 heavy (non-hydrogen) atoms. The Balaban J connectivity index is 2.20. The van der Waals surface area contributed by atoms with Crippen molar-refractivity contribution in [3.63, 3.8) is 0 Å². The minimum Gasteiger partial charge on any atom is -0.433 e. The van der Waals surface area contributed by atoms with E-state index in [-0.39, 0.29) is 11.6 Å². The number of rotatable bonds is 3. The molecule has 2 aromatic rings. The number of aromatic nitrogens is 1. The summed E-state index contributed by atoms with van der Waals surface area (Å²) in [5, 5.41) is 0. The SMILES string of the molecule is Fc1ccc(-c2ccc(OC(F)F)cn2)cc1. The Hall–Kier alpha value is -2.04. The Kier molecular flexibility index (Phi) is 3.27. The van der Waals surface area contributed by atoms with Crippen LogP contribution < -0.4 is 4.74 Å². The minimum atomic E-state index is -2.87. The Bertz CT molecular complexity index is 482. The lowest BCUT2D eigenvalue weighted by molar-refractivity contribution is -0.0500. The standard InChI is InChI=1S/C12H8F3NO/c13-9-3-1-8(2-4-9)11-6-5-10(7-16-11)17-12(14)15/h1-7,12H. The van der Waals surface area contributed by atoms with Crippen molar-refractivity contribution in [2.45, 2.75) is 6.61 Å². The van der Waals surface area contributed by atoms with Gasteiger partial charge in [0.2, 0.25) is 0 Å². The normalized spacial score (nSPS) is 10.6. The molecule has 0 radical (unpaired) electrons. The molecule has 0 N–H and O–H groups in total. The van der Waals surface area contributed by atoms with Crippen molar-refractivity contribution in [3.05, 3.63) is 48.4 Å². The molecule has 0 unspecified atom stereocenters. The van der Waals surface area contributed by atoms with Crippen LogP contribution in [0, 0.1) is 5.82 Å². The zero-order valence-electron chi connectivity index (χ0n) is 8.61. The molecule has 0 atom stereocenters. The van der Waals surface area contributed by atoms with Crippen molar-refractivity contribution < 1.29 is 17.9 Å². The van der Waals surface area contributed by atoms with Gasteiger partial charge in [0.1, 0.15) is 11.6 Å². The molecule has 1 aromatic carbocycles. The summed E-state index contributed by atoms with van der Waals surface area (Å²) in [7, 11) is 0. The van der Waals surface area contributed by atoms with Gasteiger partial charge in [-0.25, -0.2) is 4.39 Å². The number of hydrogen-bond donors (Lipinski definition) is 0. The Morgan fingerprint density at radius 1 is 1.00 bits per heavy atom. The van der Waals surface area contributed by atoms with Crippen LogP contribution in [0.1, 0.15) is 0 Å². The maximum atomic E-state index is 12.7. The van der Waals surface area contributed by atoms with Gasteiger partial charge in [-0.05, 0) is 36.4 Å². The predicted molar refractivity (Wildman–Crippen MR) is 56.3 cm³/mol. The first kappa shape index (κ1) is 11.4.